The molecule has 0 fully saturated rings. The van der Waals surface area contributed by atoms with Crippen LogP contribution in [-0.4, -0.2) is 16.8 Å². The van der Waals surface area contributed by atoms with Crippen molar-refractivity contribution in [3.05, 3.63) is 58.3 Å². The number of amides is 2. The molecule has 0 aliphatic carbocycles. The lowest BCUT2D eigenvalue weighted by Gasteiger charge is -2.08. The lowest BCUT2D eigenvalue weighted by Crippen LogP contribution is -2.35. The fraction of sp³-hybridized carbons (Fsp3) is 0.133. The Morgan fingerprint density at radius 1 is 1.19 bits per heavy atom. The predicted molar refractivity (Wildman–Crippen MR) is 83.6 cm³/mol. The maximum atomic E-state index is 11.8. The largest absolute Gasteiger partial charge is 0.342 e. The predicted octanol–water partition coefficient (Wildman–Crippen LogP) is 2.41. The first-order valence-electron chi connectivity index (χ1n) is 6.31. The number of aryl methyl sites for hydroxylation is 1. The summed E-state index contributed by atoms with van der Waals surface area (Å²) in [5.41, 5.74) is 2.24. The minimum absolute atomic E-state index is 0.210. The highest BCUT2D eigenvalue weighted by atomic mass is 79.9. The van der Waals surface area contributed by atoms with Crippen molar-refractivity contribution in [3.8, 4) is 0 Å². The van der Waals surface area contributed by atoms with Crippen LogP contribution >= 0.6 is 15.9 Å². The third-order valence-electron chi connectivity index (χ3n) is 2.73. The Bertz CT molecular complexity index is 659. The summed E-state index contributed by atoms with van der Waals surface area (Å²) in [6, 6.07) is 10.9. The van der Waals surface area contributed by atoms with Gasteiger partial charge in [0.2, 0.25) is 0 Å². The van der Waals surface area contributed by atoms with Gasteiger partial charge >= 0.3 is 11.8 Å². The minimum Gasteiger partial charge on any atom is -0.342 e. The van der Waals surface area contributed by atoms with Crippen molar-refractivity contribution >= 4 is 33.4 Å². The molecule has 1 aromatic carbocycles. The maximum Gasteiger partial charge on any atom is 0.313 e. The molecule has 21 heavy (non-hydrogen) atoms. The highest BCUT2D eigenvalue weighted by Crippen LogP contribution is 2.23. The number of nitrogens with one attached hydrogen (secondary N) is 2. The highest BCUT2D eigenvalue weighted by Gasteiger charge is 2.14. The first-order valence-corrected chi connectivity index (χ1v) is 7.11. The molecule has 0 atom stereocenters. The summed E-state index contributed by atoms with van der Waals surface area (Å²) in [5, 5.41) is 5.09. The second-order valence-electron chi connectivity index (χ2n) is 4.44. The monoisotopic (exact) mass is 347 g/mol. The van der Waals surface area contributed by atoms with Crippen LogP contribution in [0.1, 0.15) is 11.3 Å². The van der Waals surface area contributed by atoms with Gasteiger partial charge in [0.1, 0.15) is 0 Å². The van der Waals surface area contributed by atoms with Gasteiger partial charge in [0.15, 0.2) is 0 Å². The zero-order valence-corrected chi connectivity index (χ0v) is 13.0. The molecule has 0 bridgehead atoms. The van der Waals surface area contributed by atoms with Crippen LogP contribution in [0.25, 0.3) is 0 Å². The van der Waals surface area contributed by atoms with Crippen LogP contribution in [0, 0.1) is 6.92 Å². The van der Waals surface area contributed by atoms with Gasteiger partial charge in [-0.15, -0.1) is 0 Å². The molecule has 5 nitrogen and oxygen atoms in total. The number of hydrogen-bond acceptors (Lipinski definition) is 3. The van der Waals surface area contributed by atoms with E-state index < -0.39 is 11.8 Å². The Hall–Kier alpha value is -2.21. The highest BCUT2D eigenvalue weighted by molar-refractivity contribution is 9.10. The maximum absolute atomic E-state index is 11.8. The van der Waals surface area contributed by atoms with Gasteiger partial charge in [0, 0.05) is 10.7 Å². The summed E-state index contributed by atoms with van der Waals surface area (Å²) >= 11 is 3.33. The van der Waals surface area contributed by atoms with Gasteiger partial charge in [-0.3, -0.25) is 14.6 Å². The number of carbonyl (C=O) groups excluding carboxylic acids is 2. The average Bonchev–Trinajstić information content (AvgIpc) is 2.49. The van der Waals surface area contributed by atoms with E-state index >= 15 is 0 Å². The Morgan fingerprint density at radius 3 is 2.71 bits per heavy atom. The smallest absolute Gasteiger partial charge is 0.313 e. The quantitative estimate of drug-likeness (QED) is 0.837. The van der Waals surface area contributed by atoms with Gasteiger partial charge < -0.3 is 10.6 Å². The first-order chi connectivity index (χ1) is 10.1. The fourth-order valence-corrected chi connectivity index (χ4v) is 2.01. The van der Waals surface area contributed by atoms with Gasteiger partial charge in [0.05, 0.1) is 17.9 Å². The normalized spacial score (nSPS) is 10.0. The number of aromatic nitrogens is 1. The standard InChI is InChI=1S/C15H14BrN3O2/c1-10-5-6-12(16)13(8-10)19-15(21)14(20)18-9-11-4-2-3-7-17-11/h2-8H,9H2,1H3,(H,18,20)(H,19,21). The minimum atomic E-state index is -0.711. The summed E-state index contributed by atoms with van der Waals surface area (Å²) in [6.07, 6.45) is 1.63. The summed E-state index contributed by atoms with van der Waals surface area (Å²) in [7, 11) is 0. The van der Waals surface area contributed by atoms with Crippen LogP contribution in [0.2, 0.25) is 0 Å². The Morgan fingerprint density at radius 2 is 2.00 bits per heavy atom. The summed E-state index contributed by atoms with van der Waals surface area (Å²) in [4.78, 5) is 27.6. The molecule has 0 saturated heterocycles. The molecule has 0 saturated carbocycles. The molecule has 2 rings (SSSR count). The molecule has 108 valence electrons. The Labute approximate surface area is 130 Å². The summed E-state index contributed by atoms with van der Waals surface area (Å²) in [5.74, 6) is -1.41. The molecule has 0 spiro atoms. The molecule has 6 heteroatoms. The zero-order valence-electron chi connectivity index (χ0n) is 11.4. The second kappa shape index (κ2) is 6.99. The number of pyridine rings is 1. The molecule has 0 radical (unpaired) electrons. The van der Waals surface area contributed by atoms with Gasteiger partial charge in [-0.1, -0.05) is 12.1 Å². The number of carbonyl (C=O) groups is 2. The van der Waals surface area contributed by atoms with Crippen molar-refractivity contribution in [1.29, 1.82) is 0 Å². The summed E-state index contributed by atoms with van der Waals surface area (Å²) in [6.45, 7) is 2.12. The number of anilines is 1. The lowest BCUT2D eigenvalue weighted by molar-refractivity contribution is -0.136. The van der Waals surface area contributed by atoms with E-state index in [0.29, 0.717) is 11.4 Å². The van der Waals surface area contributed by atoms with Crippen LogP contribution in [-0.2, 0) is 16.1 Å². The van der Waals surface area contributed by atoms with Crippen molar-refractivity contribution < 1.29 is 9.59 Å². The van der Waals surface area contributed by atoms with E-state index in [9.17, 15) is 9.59 Å². The lowest BCUT2D eigenvalue weighted by atomic mass is 10.2. The molecule has 1 aromatic heterocycles. The van der Waals surface area contributed by atoms with Gasteiger partial charge in [-0.05, 0) is 52.7 Å². The van der Waals surface area contributed by atoms with E-state index in [1.165, 1.54) is 0 Å². The number of rotatable bonds is 3. The third kappa shape index (κ3) is 4.39. The van der Waals surface area contributed by atoms with Crippen LogP contribution in [0.3, 0.4) is 0 Å². The molecule has 2 N–H and O–H groups in total. The van der Waals surface area contributed by atoms with Crippen molar-refractivity contribution in [2.75, 3.05) is 5.32 Å². The van der Waals surface area contributed by atoms with Gasteiger partial charge in [-0.25, -0.2) is 0 Å². The van der Waals surface area contributed by atoms with E-state index in [2.05, 4.69) is 31.5 Å². The molecule has 0 aliphatic heterocycles. The molecular formula is C15H14BrN3O2. The molecular weight excluding hydrogens is 334 g/mol. The SMILES string of the molecule is Cc1ccc(Br)c(NC(=O)C(=O)NCc2ccccn2)c1. The van der Waals surface area contributed by atoms with Crippen LogP contribution in [0.15, 0.2) is 47.1 Å². The zero-order chi connectivity index (χ0) is 15.2. The Balaban J connectivity index is 1.94. The van der Waals surface area contributed by atoms with E-state index in [0.717, 1.165) is 10.0 Å². The van der Waals surface area contributed by atoms with Crippen molar-refractivity contribution in [3.63, 3.8) is 0 Å². The number of benzene rings is 1. The van der Waals surface area contributed by atoms with E-state index in [4.69, 9.17) is 0 Å². The second-order valence-corrected chi connectivity index (χ2v) is 5.30. The topological polar surface area (TPSA) is 71.1 Å². The molecule has 0 unspecified atom stereocenters. The molecule has 2 aromatic rings. The van der Waals surface area contributed by atoms with Crippen molar-refractivity contribution in [1.82, 2.24) is 10.3 Å². The van der Waals surface area contributed by atoms with Crippen molar-refractivity contribution in [2.45, 2.75) is 13.5 Å². The van der Waals surface area contributed by atoms with Crippen molar-refractivity contribution in [2.24, 2.45) is 0 Å². The van der Waals surface area contributed by atoms with Crippen LogP contribution in [0.5, 0.6) is 0 Å². The Kier molecular flexibility index (Phi) is 5.05. The summed E-state index contributed by atoms with van der Waals surface area (Å²) < 4.78 is 0.721. The number of halogens is 1. The molecule has 0 aliphatic rings. The van der Waals surface area contributed by atoms with Crippen LogP contribution < -0.4 is 10.6 Å². The van der Waals surface area contributed by atoms with Crippen LogP contribution in [0.4, 0.5) is 5.69 Å². The third-order valence-corrected chi connectivity index (χ3v) is 3.42. The number of nitrogens with zero attached hydrogens (tertiary/aromatic N) is 1. The van der Waals surface area contributed by atoms with Gasteiger partial charge in [0.25, 0.3) is 0 Å². The average molecular weight is 348 g/mol. The van der Waals surface area contributed by atoms with Gasteiger partial charge in [-0.2, -0.15) is 0 Å². The molecule has 1 heterocycles. The fourth-order valence-electron chi connectivity index (χ4n) is 1.67. The number of hydrogen-bond donors (Lipinski definition) is 2. The van der Waals surface area contributed by atoms with E-state index in [-0.39, 0.29) is 6.54 Å². The van der Waals surface area contributed by atoms with E-state index in [1.807, 2.05) is 25.1 Å². The molecule has 2 amide bonds. The van der Waals surface area contributed by atoms with E-state index in [1.54, 1.807) is 24.4 Å². The first kappa shape index (κ1) is 15.2.